The quantitative estimate of drug-likeness (QED) is 0.104. The number of H-pyrrole nitrogens is 2. The fourth-order valence-electron chi connectivity index (χ4n) is 9.80. The molecule has 4 unspecified atom stereocenters. The summed E-state index contributed by atoms with van der Waals surface area (Å²) in [6, 6.07) is 13.1. The maximum atomic E-state index is 16.0. The van der Waals surface area contributed by atoms with Crippen molar-refractivity contribution in [1.82, 2.24) is 40.4 Å². The summed E-state index contributed by atoms with van der Waals surface area (Å²) in [5.41, 5.74) is 4.05. The smallest absolute Gasteiger partial charge is 0.407 e. The van der Waals surface area contributed by atoms with Gasteiger partial charge in [-0.3, -0.25) is 9.59 Å². The Bertz CT molecular complexity index is 2500. The van der Waals surface area contributed by atoms with E-state index in [2.05, 4.69) is 39.4 Å². The van der Waals surface area contributed by atoms with Crippen molar-refractivity contribution in [2.45, 2.75) is 91.0 Å². The zero-order chi connectivity index (χ0) is 43.4. The molecule has 3 aliphatic rings. The highest BCUT2D eigenvalue weighted by Gasteiger charge is 2.61. The van der Waals surface area contributed by atoms with E-state index in [4.69, 9.17) is 14.5 Å². The number of nitrogens with one attached hydrogen (secondary N) is 4. The van der Waals surface area contributed by atoms with Crippen molar-refractivity contribution in [3.05, 3.63) is 72.2 Å². The number of hydrogen-bond acceptors (Lipinski definition) is 8. The number of piperidine rings is 1. The zero-order valence-corrected chi connectivity index (χ0v) is 35.9. The number of ether oxygens (including phenoxy) is 2. The monoisotopic (exact) mass is 834 g/mol. The molecule has 322 valence electrons. The molecule has 3 aromatic carbocycles. The lowest BCUT2D eigenvalue weighted by Gasteiger charge is -2.32. The number of fused-ring (bicyclic) bond motifs is 4. The maximum absolute atomic E-state index is 16.0. The molecule has 4 N–H and O–H groups in total. The molecule has 3 fully saturated rings. The first kappa shape index (κ1) is 41.7. The molecule has 0 radical (unpaired) electrons. The largest absolute Gasteiger partial charge is 0.453 e. The molecule has 0 spiro atoms. The summed E-state index contributed by atoms with van der Waals surface area (Å²) >= 11 is 0. The number of aromatic amines is 2. The van der Waals surface area contributed by atoms with E-state index in [1.165, 1.54) is 20.3 Å². The van der Waals surface area contributed by atoms with Gasteiger partial charge in [-0.2, -0.15) is 0 Å². The summed E-state index contributed by atoms with van der Waals surface area (Å²) in [5.74, 6) is 1.10. The molecule has 15 heteroatoms. The Labute approximate surface area is 354 Å². The van der Waals surface area contributed by atoms with Crippen molar-refractivity contribution in [3.63, 3.8) is 0 Å². The molecule has 4 heterocycles. The molecule has 1 saturated carbocycles. The molecular weight excluding hydrogens is 780 g/mol. The number of alkyl carbamates (subject to hydrolysis) is 2. The van der Waals surface area contributed by atoms with Gasteiger partial charge in [-0.1, -0.05) is 72.2 Å². The minimum absolute atomic E-state index is 0.0542. The second-order valence-electron chi connectivity index (χ2n) is 17.6. The van der Waals surface area contributed by atoms with Crippen LogP contribution in [0, 0.1) is 35.4 Å². The predicted molar refractivity (Wildman–Crippen MR) is 228 cm³/mol. The van der Waals surface area contributed by atoms with Gasteiger partial charge in [0, 0.05) is 23.5 Å². The predicted octanol–water partition coefficient (Wildman–Crippen LogP) is 7.88. The second-order valence-corrected chi connectivity index (χ2v) is 17.6. The standard InChI is InChI=1S/C46H55FN8O6/c1-9-25-16-17-54(43(56)36(22(2)3)52-45(58)60-7)40(25)42-49-33-15-12-28-18-26(10-13-29(28)38(33)51-42)27-11-14-30(32(47)19-27)34-21-48-41(50-34)35-20-31-24(6)39(31)55(35)44(57)37(23(4)5)53-46(59)61-8/h10-15,18-19,21-25,31,35-37,39-40H,9,16-17,20H2,1-8H3,(H,48,50)(H,49,51)(H,52,58)(H,53,59)/t24?,25-,31?,35+,36+,37?,39?,40+/m1/s1. The van der Waals surface area contributed by atoms with E-state index in [-0.39, 0.29) is 47.7 Å². The van der Waals surface area contributed by atoms with Crippen molar-refractivity contribution in [3.8, 4) is 22.4 Å². The summed E-state index contributed by atoms with van der Waals surface area (Å²) in [4.78, 5) is 72.5. The first-order valence-corrected chi connectivity index (χ1v) is 21.3. The van der Waals surface area contributed by atoms with Crippen LogP contribution in [0.3, 0.4) is 0 Å². The van der Waals surface area contributed by atoms with Crippen LogP contribution < -0.4 is 10.6 Å². The average molecular weight is 835 g/mol. The molecule has 2 saturated heterocycles. The topological polar surface area (TPSA) is 175 Å². The third kappa shape index (κ3) is 7.56. The average Bonchev–Trinajstić information content (AvgIpc) is 3.88. The van der Waals surface area contributed by atoms with Gasteiger partial charge in [0.05, 0.1) is 49.2 Å². The van der Waals surface area contributed by atoms with Crippen LogP contribution in [0.25, 0.3) is 44.2 Å². The zero-order valence-electron chi connectivity index (χ0n) is 35.9. The first-order chi connectivity index (χ1) is 29.2. The van der Waals surface area contributed by atoms with Crippen molar-refractivity contribution in [2.75, 3.05) is 20.8 Å². The highest BCUT2D eigenvalue weighted by Crippen LogP contribution is 2.57. The van der Waals surface area contributed by atoms with Crippen molar-refractivity contribution in [1.29, 1.82) is 0 Å². The molecule has 5 aromatic rings. The number of aromatic nitrogens is 4. The van der Waals surface area contributed by atoms with Gasteiger partial charge in [0.2, 0.25) is 11.8 Å². The third-order valence-corrected chi connectivity index (χ3v) is 13.3. The van der Waals surface area contributed by atoms with Crippen molar-refractivity contribution in [2.24, 2.45) is 29.6 Å². The molecule has 8 rings (SSSR count). The fourth-order valence-corrected chi connectivity index (χ4v) is 9.80. The van der Waals surface area contributed by atoms with Crippen LogP contribution in [-0.2, 0) is 19.1 Å². The van der Waals surface area contributed by atoms with Crippen molar-refractivity contribution >= 4 is 45.8 Å². The number of amides is 4. The third-order valence-electron chi connectivity index (χ3n) is 13.3. The summed E-state index contributed by atoms with van der Waals surface area (Å²) in [7, 11) is 2.56. The number of nitrogens with zero attached hydrogens (tertiary/aromatic N) is 4. The number of carbonyl (C=O) groups excluding carboxylic acids is 4. The minimum Gasteiger partial charge on any atom is -0.453 e. The van der Waals surface area contributed by atoms with Gasteiger partial charge in [0.15, 0.2) is 0 Å². The highest BCUT2D eigenvalue weighted by molar-refractivity contribution is 6.05. The van der Waals surface area contributed by atoms with E-state index in [1.807, 2.05) is 73.9 Å². The van der Waals surface area contributed by atoms with Gasteiger partial charge in [-0.05, 0) is 83.2 Å². The Morgan fingerprint density at radius 3 is 2.21 bits per heavy atom. The summed E-state index contributed by atoms with van der Waals surface area (Å²) in [6.07, 6.45) is 2.73. The number of imidazole rings is 2. The van der Waals surface area contributed by atoms with Crippen LogP contribution in [0.1, 0.15) is 84.5 Å². The lowest BCUT2D eigenvalue weighted by atomic mass is 9.96. The normalized spacial score (nSPS) is 23.1. The van der Waals surface area contributed by atoms with Gasteiger partial charge in [0.1, 0.15) is 29.5 Å². The number of carbonyl (C=O) groups is 4. The molecule has 2 aliphatic heterocycles. The van der Waals surface area contributed by atoms with Crippen LogP contribution in [0.4, 0.5) is 14.0 Å². The molecular formula is C46H55FN8O6. The Balaban J connectivity index is 1.03. The molecule has 8 atom stereocenters. The van der Waals surface area contributed by atoms with E-state index < -0.39 is 30.1 Å². The molecule has 14 nitrogen and oxygen atoms in total. The number of benzene rings is 3. The van der Waals surface area contributed by atoms with Gasteiger partial charge >= 0.3 is 12.2 Å². The Hall–Kier alpha value is -5.99. The highest BCUT2D eigenvalue weighted by atomic mass is 19.1. The van der Waals surface area contributed by atoms with E-state index in [0.717, 1.165) is 46.6 Å². The molecule has 61 heavy (non-hydrogen) atoms. The second kappa shape index (κ2) is 16.5. The Morgan fingerprint density at radius 2 is 1.56 bits per heavy atom. The SMILES string of the molecule is CC[C@@H]1CCN(C(=O)[C@@H](NC(=O)OC)C(C)C)[C@@H]1c1nc2c(ccc3cc(-c4ccc(-c5cnc([C@@H]6CC7C(C)C7N6C(=O)C(NC(=O)OC)C(C)C)[nH]5)c(F)c4)ccc32)[nH]1. The van der Waals surface area contributed by atoms with Crippen molar-refractivity contribution < 1.29 is 33.0 Å². The van der Waals surface area contributed by atoms with Gasteiger partial charge in [0.25, 0.3) is 0 Å². The molecule has 1 aliphatic carbocycles. The van der Waals surface area contributed by atoms with Crippen LogP contribution in [0.5, 0.6) is 0 Å². The number of likely N-dealkylation sites (tertiary alicyclic amines) is 2. The number of rotatable bonds is 11. The van der Waals surface area contributed by atoms with E-state index in [1.54, 1.807) is 12.3 Å². The Kier molecular flexibility index (Phi) is 11.3. The van der Waals surface area contributed by atoms with Crippen LogP contribution in [0.15, 0.2) is 54.7 Å². The van der Waals surface area contributed by atoms with E-state index >= 15 is 4.39 Å². The fraction of sp³-hybridized carbons (Fsp3) is 0.478. The molecule has 4 amide bonds. The number of methoxy groups -OCH3 is 2. The minimum atomic E-state index is -0.755. The first-order valence-electron chi connectivity index (χ1n) is 21.3. The lowest BCUT2D eigenvalue weighted by Crippen LogP contribution is -2.52. The van der Waals surface area contributed by atoms with Gasteiger partial charge in [-0.15, -0.1) is 0 Å². The summed E-state index contributed by atoms with van der Waals surface area (Å²) < 4.78 is 25.7. The van der Waals surface area contributed by atoms with E-state index in [0.29, 0.717) is 46.9 Å². The molecule has 0 bridgehead atoms. The van der Waals surface area contributed by atoms with E-state index in [9.17, 15) is 19.2 Å². The maximum Gasteiger partial charge on any atom is 0.407 e. The van der Waals surface area contributed by atoms with Crippen LogP contribution in [-0.4, -0.2) is 92.6 Å². The van der Waals surface area contributed by atoms with Crippen LogP contribution >= 0.6 is 0 Å². The Morgan fingerprint density at radius 1 is 0.885 bits per heavy atom. The number of hydrogen-bond donors (Lipinski definition) is 4. The van der Waals surface area contributed by atoms with Gasteiger partial charge < -0.3 is 39.9 Å². The molecule has 2 aromatic heterocycles. The lowest BCUT2D eigenvalue weighted by molar-refractivity contribution is -0.137. The summed E-state index contributed by atoms with van der Waals surface area (Å²) in [5, 5.41) is 7.30. The summed E-state index contributed by atoms with van der Waals surface area (Å²) in [6.45, 7) is 12.4. The number of halogens is 1. The van der Waals surface area contributed by atoms with Gasteiger partial charge in [-0.25, -0.2) is 23.9 Å². The van der Waals surface area contributed by atoms with Crippen LogP contribution in [0.2, 0.25) is 0 Å².